The van der Waals surface area contributed by atoms with Gasteiger partial charge in [0.2, 0.25) is 5.91 Å². The molecule has 6 heteroatoms. The molecule has 1 saturated carbocycles. The lowest BCUT2D eigenvalue weighted by Gasteiger charge is -2.35. The minimum Gasteiger partial charge on any atom is -0.444 e. The van der Waals surface area contributed by atoms with E-state index in [1.54, 1.807) is 20.8 Å². The van der Waals surface area contributed by atoms with E-state index in [0.29, 0.717) is 25.7 Å². The van der Waals surface area contributed by atoms with Gasteiger partial charge in [-0.05, 0) is 46.5 Å². The van der Waals surface area contributed by atoms with Gasteiger partial charge in [-0.2, -0.15) is 0 Å². The molecule has 1 fully saturated rings. The fraction of sp³-hybridized carbons (Fsp3) is 0.846. The number of nitrogens with two attached hydrogens (primary N) is 1. The van der Waals surface area contributed by atoms with E-state index < -0.39 is 23.2 Å². The molecule has 0 aromatic heterocycles. The summed E-state index contributed by atoms with van der Waals surface area (Å²) in [6, 6.07) is -0.0250. The molecule has 1 rings (SSSR count). The Kier molecular flexibility index (Phi) is 4.79. The van der Waals surface area contributed by atoms with E-state index >= 15 is 0 Å². The number of aliphatic hydroxyl groups is 1. The van der Waals surface area contributed by atoms with Crippen LogP contribution in [-0.4, -0.2) is 34.4 Å². The predicted molar refractivity (Wildman–Crippen MR) is 70.4 cm³/mol. The number of amides is 2. The van der Waals surface area contributed by atoms with Gasteiger partial charge < -0.3 is 20.9 Å². The van der Waals surface area contributed by atoms with Crippen molar-refractivity contribution >= 4 is 12.0 Å². The Bertz CT molecular complexity index is 341. The second-order valence-corrected chi connectivity index (χ2v) is 6.29. The van der Waals surface area contributed by atoms with Crippen molar-refractivity contribution in [3.63, 3.8) is 0 Å². The molecule has 0 bridgehead atoms. The highest BCUT2D eigenvalue weighted by Gasteiger charge is 2.35. The number of rotatable bonds is 3. The molecule has 0 aliphatic heterocycles. The van der Waals surface area contributed by atoms with Gasteiger partial charge in [-0.15, -0.1) is 0 Å². The van der Waals surface area contributed by atoms with Gasteiger partial charge in [0.05, 0.1) is 12.0 Å². The fourth-order valence-electron chi connectivity index (χ4n) is 2.27. The van der Waals surface area contributed by atoms with Crippen LogP contribution in [0.25, 0.3) is 0 Å². The molecule has 6 nitrogen and oxygen atoms in total. The highest BCUT2D eigenvalue weighted by atomic mass is 16.6. The van der Waals surface area contributed by atoms with Crippen LogP contribution in [-0.2, 0) is 9.53 Å². The van der Waals surface area contributed by atoms with Crippen molar-refractivity contribution in [2.45, 2.75) is 70.1 Å². The van der Waals surface area contributed by atoms with Crippen molar-refractivity contribution in [1.82, 2.24) is 5.32 Å². The molecule has 2 amide bonds. The van der Waals surface area contributed by atoms with E-state index in [1.165, 1.54) is 0 Å². The van der Waals surface area contributed by atoms with Crippen molar-refractivity contribution in [3.05, 3.63) is 0 Å². The van der Waals surface area contributed by atoms with Gasteiger partial charge in [-0.1, -0.05) is 0 Å². The zero-order valence-electron chi connectivity index (χ0n) is 11.9. The van der Waals surface area contributed by atoms with Crippen LogP contribution in [0.3, 0.4) is 0 Å². The molecule has 0 aromatic rings. The summed E-state index contributed by atoms with van der Waals surface area (Å²) in [6.45, 7) is 5.41. The molecule has 0 radical (unpaired) electrons. The average Bonchev–Trinajstić information content (AvgIpc) is 2.17. The van der Waals surface area contributed by atoms with E-state index in [2.05, 4.69) is 5.32 Å². The molecule has 4 N–H and O–H groups in total. The molecule has 1 aliphatic carbocycles. The zero-order valence-corrected chi connectivity index (χ0v) is 11.9. The molecule has 0 saturated heterocycles. The summed E-state index contributed by atoms with van der Waals surface area (Å²) in [7, 11) is 0. The number of nitrogens with one attached hydrogen (secondary N) is 1. The summed E-state index contributed by atoms with van der Waals surface area (Å²) < 4.78 is 5.17. The van der Waals surface area contributed by atoms with Crippen LogP contribution in [0.4, 0.5) is 4.79 Å². The van der Waals surface area contributed by atoms with Crippen LogP contribution in [0.5, 0.6) is 0 Å². The Hall–Kier alpha value is -1.30. The van der Waals surface area contributed by atoms with Crippen LogP contribution in [0.15, 0.2) is 0 Å². The molecule has 0 unspecified atom stereocenters. The number of alkyl carbamates (subject to hydrolysis) is 1. The maximum absolute atomic E-state index is 11.6. The normalized spacial score (nSPS) is 27.7. The standard InChI is InChI=1S/C13H24N2O4/c1-12(2,3)19-11(17)15-9-4-6-13(18,7-5-9)8-10(14)16/h9,18H,4-8H2,1-3H3,(H2,14,16)(H,15,17). The predicted octanol–water partition coefficient (Wildman–Crippen LogP) is 1.06. The number of ether oxygens (including phenoxy) is 1. The van der Waals surface area contributed by atoms with Crippen LogP contribution in [0, 0.1) is 0 Å². The van der Waals surface area contributed by atoms with Gasteiger partial charge in [0.25, 0.3) is 0 Å². The first-order valence-corrected chi connectivity index (χ1v) is 6.60. The van der Waals surface area contributed by atoms with Gasteiger partial charge >= 0.3 is 6.09 Å². The van der Waals surface area contributed by atoms with Gasteiger partial charge in [-0.3, -0.25) is 4.79 Å². The molecular formula is C13H24N2O4. The third-order valence-electron chi connectivity index (χ3n) is 3.14. The third-order valence-corrected chi connectivity index (χ3v) is 3.14. The Balaban J connectivity index is 2.38. The summed E-state index contributed by atoms with van der Waals surface area (Å²) >= 11 is 0. The Morgan fingerprint density at radius 1 is 1.37 bits per heavy atom. The van der Waals surface area contributed by atoms with Crippen LogP contribution in [0.1, 0.15) is 52.9 Å². The van der Waals surface area contributed by atoms with Crippen molar-refractivity contribution in [2.24, 2.45) is 5.73 Å². The highest BCUT2D eigenvalue weighted by molar-refractivity contribution is 5.75. The van der Waals surface area contributed by atoms with Crippen molar-refractivity contribution in [3.8, 4) is 0 Å². The summed E-state index contributed by atoms with van der Waals surface area (Å²) in [5.74, 6) is -0.499. The van der Waals surface area contributed by atoms with Crippen LogP contribution in [0.2, 0.25) is 0 Å². The second-order valence-electron chi connectivity index (χ2n) is 6.29. The Morgan fingerprint density at radius 3 is 2.32 bits per heavy atom. The summed E-state index contributed by atoms with van der Waals surface area (Å²) in [4.78, 5) is 22.5. The monoisotopic (exact) mass is 272 g/mol. The Labute approximate surface area is 113 Å². The van der Waals surface area contributed by atoms with Gasteiger partial charge in [0.15, 0.2) is 0 Å². The first-order chi connectivity index (χ1) is 8.60. The molecule has 0 heterocycles. The lowest BCUT2D eigenvalue weighted by Crippen LogP contribution is -2.46. The van der Waals surface area contributed by atoms with Crippen molar-refractivity contribution in [2.75, 3.05) is 0 Å². The minimum atomic E-state index is -1.02. The molecule has 0 spiro atoms. The van der Waals surface area contributed by atoms with E-state index in [1.807, 2.05) is 0 Å². The summed E-state index contributed by atoms with van der Waals surface area (Å²) in [5.41, 5.74) is 3.57. The van der Waals surface area contributed by atoms with E-state index in [-0.39, 0.29) is 12.5 Å². The lowest BCUT2D eigenvalue weighted by atomic mass is 9.80. The smallest absolute Gasteiger partial charge is 0.407 e. The largest absolute Gasteiger partial charge is 0.444 e. The van der Waals surface area contributed by atoms with Gasteiger partial charge in [-0.25, -0.2) is 4.79 Å². The molecule has 19 heavy (non-hydrogen) atoms. The fourth-order valence-corrected chi connectivity index (χ4v) is 2.27. The summed E-state index contributed by atoms with van der Waals surface area (Å²) in [6.07, 6.45) is 1.67. The molecule has 1 aliphatic rings. The first-order valence-electron chi connectivity index (χ1n) is 6.60. The number of hydrogen-bond donors (Lipinski definition) is 3. The molecule has 110 valence electrons. The average molecular weight is 272 g/mol. The quantitative estimate of drug-likeness (QED) is 0.715. The van der Waals surface area contributed by atoms with Crippen LogP contribution < -0.4 is 11.1 Å². The number of primary amides is 1. The first kappa shape index (κ1) is 15.8. The molecule has 0 atom stereocenters. The van der Waals surface area contributed by atoms with Gasteiger partial charge in [0, 0.05) is 6.04 Å². The van der Waals surface area contributed by atoms with E-state index in [9.17, 15) is 14.7 Å². The lowest BCUT2D eigenvalue weighted by molar-refractivity contribution is -0.124. The highest BCUT2D eigenvalue weighted by Crippen LogP contribution is 2.31. The Morgan fingerprint density at radius 2 is 1.89 bits per heavy atom. The number of carbonyl (C=O) groups is 2. The van der Waals surface area contributed by atoms with Gasteiger partial charge in [0.1, 0.15) is 5.60 Å². The third kappa shape index (κ3) is 5.92. The maximum atomic E-state index is 11.6. The van der Waals surface area contributed by atoms with Crippen LogP contribution >= 0.6 is 0 Å². The number of carbonyl (C=O) groups excluding carboxylic acids is 2. The maximum Gasteiger partial charge on any atom is 0.407 e. The second kappa shape index (κ2) is 5.77. The minimum absolute atomic E-state index is 0.0217. The molecular weight excluding hydrogens is 248 g/mol. The molecule has 0 aromatic carbocycles. The van der Waals surface area contributed by atoms with E-state index in [0.717, 1.165) is 0 Å². The number of hydrogen-bond acceptors (Lipinski definition) is 4. The topological polar surface area (TPSA) is 102 Å². The van der Waals surface area contributed by atoms with E-state index in [4.69, 9.17) is 10.5 Å². The zero-order chi connectivity index (χ0) is 14.7. The SMILES string of the molecule is CC(C)(C)OC(=O)NC1CCC(O)(CC(N)=O)CC1. The summed E-state index contributed by atoms with van der Waals surface area (Å²) in [5, 5.41) is 12.9. The van der Waals surface area contributed by atoms with Crippen molar-refractivity contribution in [1.29, 1.82) is 0 Å². The van der Waals surface area contributed by atoms with Crippen molar-refractivity contribution < 1.29 is 19.4 Å².